The second-order valence-electron chi connectivity index (χ2n) is 7.85. The van der Waals surface area contributed by atoms with Gasteiger partial charge in [-0.2, -0.15) is 13.2 Å². The predicted octanol–water partition coefficient (Wildman–Crippen LogP) is 2.53. The van der Waals surface area contributed by atoms with Crippen LogP contribution in [-0.4, -0.2) is 54.1 Å². The van der Waals surface area contributed by atoms with E-state index in [-0.39, 0.29) is 30.2 Å². The monoisotopic (exact) mass is 466 g/mol. The van der Waals surface area contributed by atoms with Crippen LogP contribution in [0, 0.1) is 11.7 Å². The minimum absolute atomic E-state index is 0.0796. The number of benzene rings is 1. The Morgan fingerprint density at radius 2 is 1.97 bits per heavy atom. The Bertz CT molecular complexity index is 1140. The molecule has 1 fully saturated rings. The maximum Gasteiger partial charge on any atom is 0.416 e. The lowest BCUT2D eigenvalue weighted by Gasteiger charge is -2.38. The van der Waals surface area contributed by atoms with Gasteiger partial charge in [0.2, 0.25) is 11.8 Å². The van der Waals surface area contributed by atoms with Crippen LogP contribution in [0.1, 0.15) is 12.0 Å². The van der Waals surface area contributed by atoms with Gasteiger partial charge in [-0.25, -0.2) is 9.37 Å². The highest BCUT2D eigenvalue weighted by molar-refractivity contribution is 6.10. The third kappa shape index (κ3) is 3.96. The molecule has 0 spiro atoms. The Morgan fingerprint density at radius 1 is 1.24 bits per heavy atom. The number of pyridine rings is 1. The first-order chi connectivity index (χ1) is 15.5. The summed E-state index contributed by atoms with van der Waals surface area (Å²) in [5, 5.41) is 9.35. The summed E-state index contributed by atoms with van der Waals surface area (Å²) in [6, 6.07) is 4.10. The average molecular weight is 466 g/mol. The second-order valence-corrected chi connectivity index (χ2v) is 7.85. The molecule has 0 aliphatic carbocycles. The van der Waals surface area contributed by atoms with E-state index in [0.29, 0.717) is 6.07 Å². The number of aliphatic carboxylic acids is 1. The standard InChI is InChI=1S/C21H18F4N4O4/c1-27-14-4-2-3-13(22)19(14)28(10-17(31)32)9-11-7-16(30)29(18(11)20(27)33)15-8-12(5-6-26-15)21(23,24)25/h2-6,8,11,18H,7,9-10H2,1H3,(H,31,32)/t11-,18+/m1/s1. The number of fused-ring (bicyclic) bond motifs is 2. The van der Waals surface area contributed by atoms with E-state index in [1.54, 1.807) is 0 Å². The zero-order chi connectivity index (χ0) is 24.1. The Hall–Kier alpha value is -3.70. The van der Waals surface area contributed by atoms with Gasteiger partial charge in [0.05, 0.1) is 16.9 Å². The normalized spacial score (nSPS) is 20.9. The number of likely N-dealkylation sites (N-methyl/N-ethyl adjacent to an activating group) is 1. The van der Waals surface area contributed by atoms with Crippen molar-refractivity contribution in [2.24, 2.45) is 5.92 Å². The van der Waals surface area contributed by atoms with Gasteiger partial charge in [0.1, 0.15) is 24.2 Å². The van der Waals surface area contributed by atoms with Crippen molar-refractivity contribution in [3.05, 3.63) is 47.9 Å². The van der Waals surface area contributed by atoms with Crippen molar-refractivity contribution in [2.75, 3.05) is 34.8 Å². The Labute approximate surface area is 185 Å². The quantitative estimate of drug-likeness (QED) is 0.699. The Balaban J connectivity index is 1.82. The highest BCUT2D eigenvalue weighted by atomic mass is 19.4. The Kier molecular flexibility index (Phi) is 5.46. The van der Waals surface area contributed by atoms with Crippen molar-refractivity contribution >= 4 is 35.0 Å². The van der Waals surface area contributed by atoms with Crippen LogP contribution in [0.2, 0.25) is 0 Å². The van der Waals surface area contributed by atoms with Crippen molar-refractivity contribution in [3.63, 3.8) is 0 Å². The number of hydrogen-bond acceptors (Lipinski definition) is 5. The largest absolute Gasteiger partial charge is 0.480 e. The molecule has 0 saturated carbocycles. The third-order valence-electron chi connectivity index (χ3n) is 5.76. The maximum absolute atomic E-state index is 14.7. The van der Waals surface area contributed by atoms with Crippen molar-refractivity contribution in [2.45, 2.75) is 18.6 Å². The Morgan fingerprint density at radius 3 is 2.64 bits per heavy atom. The van der Waals surface area contributed by atoms with Gasteiger partial charge >= 0.3 is 12.1 Å². The van der Waals surface area contributed by atoms with Crippen LogP contribution in [0.4, 0.5) is 34.8 Å². The molecule has 4 rings (SSSR count). The summed E-state index contributed by atoms with van der Waals surface area (Å²) in [6.45, 7) is -0.777. The van der Waals surface area contributed by atoms with Crippen LogP contribution in [0.25, 0.3) is 0 Å². The van der Waals surface area contributed by atoms with Crippen LogP contribution in [0.3, 0.4) is 0 Å². The molecule has 0 unspecified atom stereocenters. The topological polar surface area (TPSA) is 94.1 Å². The van der Waals surface area contributed by atoms with Gasteiger partial charge < -0.3 is 14.9 Å². The van der Waals surface area contributed by atoms with Gasteiger partial charge in [0, 0.05) is 32.1 Å². The summed E-state index contributed by atoms with van der Waals surface area (Å²) < 4.78 is 54.4. The molecule has 2 atom stereocenters. The van der Waals surface area contributed by atoms with Gasteiger partial charge in [-0.05, 0) is 24.3 Å². The van der Waals surface area contributed by atoms with Crippen molar-refractivity contribution < 1.29 is 37.1 Å². The number of anilines is 3. The van der Waals surface area contributed by atoms with Gasteiger partial charge in [-0.3, -0.25) is 19.3 Å². The molecule has 1 aromatic carbocycles. The molecule has 1 saturated heterocycles. The van der Waals surface area contributed by atoms with Crippen LogP contribution < -0.4 is 14.7 Å². The van der Waals surface area contributed by atoms with Gasteiger partial charge in [-0.1, -0.05) is 6.07 Å². The fraction of sp³-hybridized carbons (Fsp3) is 0.333. The number of hydrogen-bond donors (Lipinski definition) is 1. The summed E-state index contributed by atoms with van der Waals surface area (Å²) in [6.07, 6.45) is -4.03. The molecule has 2 aromatic rings. The molecule has 33 heavy (non-hydrogen) atoms. The fourth-order valence-corrected chi connectivity index (χ4v) is 4.36. The lowest BCUT2D eigenvalue weighted by molar-refractivity contribution is -0.138. The van der Waals surface area contributed by atoms with E-state index >= 15 is 0 Å². The number of alkyl halides is 3. The molecular formula is C21H18F4N4O4. The van der Waals surface area contributed by atoms with Crippen LogP contribution in [0.15, 0.2) is 36.5 Å². The smallest absolute Gasteiger partial charge is 0.416 e. The number of nitrogens with zero attached hydrogens (tertiary/aromatic N) is 4. The lowest BCUT2D eigenvalue weighted by Crippen LogP contribution is -2.53. The molecule has 0 radical (unpaired) electrons. The van der Waals surface area contributed by atoms with Crippen LogP contribution in [-0.2, 0) is 20.6 Å². The molecule has 2 aliphatic heterocycles. The van der Waals surface area contributed by atoms with Crippen molar-refractivity contribution in [3.8, 4) is 0 Å². The number of carbonyl (C=O) groups excluding carboxylic acids is 2. The summed E-state index contributed by atoms with van der Waals surface area (Å²) in [5.74, 6) is -4.43. The van der Waals surface area contributed by atoms with Gasteiger partial charge in [-0.15, -0.1) is 0 Å². The molecule has 3 heterocycles. The number of carboxylic acids is 1. The summed E-state index contributed by atoms with van der Waals surface area (Å²) in [5.41, 5.74) is -1.05. The number of carboxylic acid groups (broad SMARTS) is 1. The molecule has 1 aromatic heterocycles. The number of para-hydroxylation sites is 1. The molecular weight excluding hydrogens is 448 g/mol. The highest BCUT2D eigenvalue weighted by Crippen LogP contribution is 2.40. The van der Waals surface area contributed by atoms with Gasteiger partial charge in [0.25, 0.3) is 0 Å². The molecule has 174 valence electrons. The first-order valence-electron chi connectivity index (χ1n) is 9.87. The first-order valence-corrected chi connectivity index (χ1v) is 9.87. The SMILES string of the molecule is CN1C(=O)[C@@H]2[C@H](CC(=O)N2c2cc(C(F)(F)F)ccn2)CN(CC(=O)O)c2c(F)cccc21. The lowest BCUT2D eigenvalue weighted by atomic mass is 9.95. The van der Waals surface area contributed by atoms with E-state index in [2.05, 4.69) is 4.98 Å². The van der Waals surface area contributed by atoms with Crippen molar-refractivity contribution in [1.29, 1.82) is 0 Å². The van der Waals surface area contributed by atoms with Crippen LogP contribution >= 0.6 is 0 Å². The molecule has 2 amide bonds. The van der Waals surface area contributed by atoms with E-state index < -0.39 is 53.8 Å². The summed E-state index contributed by atoms with van der Waals surface area (Å²) in [7, 11) is 1.34. The van der Waals surface area contributed by atoms with E-state index in [1.165, 1.54) is 24.1 Å². The van der Waals surface area contributed by atoms with E-state index in [9.17, 15) is 37.1 Å². The molecule has 0 bridgehead atoms. The number of halogens is 4. The van der Waals surface area contributed by atoms with E-state index in [4.69, 9.17) is 0 Å². The fourth-order valence-electron chi connectivity index (χ4n) is 4.36. The minimum Gasteiger partial charge on any atom is -0.480 e. The maximum atomic E-state index is 14.7. The second kappa shape index (κ2) is 8.01. The van der Waals surface area contributed by atoms with Gasteiger partial charge in [0.15, 0.2) is 0 Å². The zero-order valence-electron chi connectivity index (χ0n) is 17.2. The number of carbonyl (C=O) groups is 3. The third-order valence-corrected chi connectivity index (χ3v) is 5.76. The van der Waals surface area contributed by atoms with E-state index in [1.807, 2.05) is 0 Å². The number of amides is 2. The van der Waals surface area contributed by atoms with E-state index in [0.717, 1.165) is 28.1 Å². The average Bonchev–Trinajstić information content (AvgIpc) is 3.06. The molecule has 8 nitrogen and oxygen atoms in total. The summed E-state index contributed by atoms with van der Waals surface area (Å²) >= 11 is 0. The number of rotatable bonds is 3. The van der Waals surface area contributed by atoms with Crippen molar-refractivity contribution in [1.82, 2.24) is 4.98 Å². The first kappa shape index (κ1) is 22.5. The molecule has 2 aliphatic rings. The summed E-state index contributed by atoms with van der Waals surface area (Å²) in [4.78, 5) is 44.9. The minimum atomic E-state index is -4.68. The zero-order valence-corrected chi connectivity index (χ0v) is 17.2. The number of aromatic nitrogens is 1. The highest BCUT2D eigenvalue weighted by Gasteiger charge is 2.49. The van der Waals surface area contributed by atoms with Crippen LogP contribution in [0.5, 0.6) is 0 Å². The predicted molar refractivity (Wildman–Crippen MR) is 108 cm³/mol. The molecule has 12 heteroatoms. The molecule has 1 N–H and O–H groups in total.